The van der Waals surface area contributed by atoms with E-state index in [1.807, 2.05) is 6.92 Å². The summed E-state index contributed by atoms with van der Waals surface area (Å²) < 4.78 is 48.7. The molecule has 0 radical (unpaired) electrons. The summed E-state index contributed by atoms with van der Waals surface area (Å²) in [6.07, 6.45) is 0. The Morgan fingerprint density at radius 3 is 2.30 bits per heavy atom. The lowest BCUT2D eigenvalue weighted by Crippen LogP contribution is -2.51. The zero-order valence-electron chi connectivity index (χ0n) is 18.2. The third-order valence-electron chi connectivity index (χ3n) is 5.48. The average Bonchev–Trinajstić information content (AvgIpc) is 3.23. The number of carbonyl (C=O) groups excluding carboxylic acids is 1. The summed E-state index contributed by atoms with van der Waals surface area (Å²) in [5, 5.41) is 0. The molecule has 0 aromatic heterocycles. The van der Waals surface area contributed by atoms with Crippen molar-refractivity contribution < 1.29 is 22.3 Å². The first-order valence-electron chi connectivity index (χ1n) is 10.5. The van der Waals surface area contributed by atoms with Crippen LogP contribution in [-0.4, -0.2) is 37.6 Å². The van der Waals surface area contributed by atoms with Crippen LogP contribution in [0.15, 0.2) is 88.8 Å². The fourth-order valence-electron chi connectivity index (χ4n) is 3.85. The van der Waals surface area contributed by atoms with E-state index in [0.29, 0.717) is 5.56 Å². The lowest BCUT2D eigenvalue weighted by molar-refractivity contribution is -0.154. The minimum absolute atomic E-state index is 0.00249. The normalized spacial score (nSPS) is 18.7. The van der Waals surface area contributed by atoms with Gasteiger partial charge in [-0.3, -0.25) is 0 Å². The summed E-state index contributed by atoms with van der Waals surface area (Å²) in [4.78, 5) is 18.0. The van der Waals surface area contributed by atoms with Gasteiger partial charge in [-0.25, -0.2) is 22.6 Å². The van der Waals surface area contributed by atoms with E-state index in [1.54, 1.807) is 55.5 Å². The van der Waals surface area contributed by atoms with E-state index in [1.165, 1.54) is 30.3 Å². The van der Waals surface area contributed by atoms with Crippen LogP contribution in [0.3, 0.4) is 0 Å². The highest BCUT2D eigenvalue weighted by Crippen LogP contribution is 2.41. The van der Waals surface area contributed by atoms with E-state index in [0.717, 1.165) is 9.87 Å². The SMILES string of the molecule is CCOC(=O)C1(c2ccccc2)N=C(c2ccccc2F)CN1S(=O)(=O)c1ccc(C)cc1. The first-order valence-corrected chi connectivity index (χ1v) is 11.9. The predicted molar refractivity (Wildman–Crippen MR) is 123 cm³/mol. The molecule has 1 heterocycles. The van der Waals surface area contributed by atoms with Gasteiger partial charge in [-0.2, -0.15) is 4.31 Å². The molecule has 8 heteroatoms. The molecule has 6 nitrogen and oxygen atoms in total. The Morgan fingerprint density at radius 1 is 1.03 bits per heavy atom. The summed E-state index contributed by atoms with van der Waals surface area (Å²) in [5.41, 5.74) is -0.563. The van der Waals surface area contributed by atoms with Crippen molar-refractivity contribution in [1.82, 2.24) is 4.31 Å². The quantitative estimate of drug-likeness (QED) is 0.514. The van der Waals surface area contributed by atoms with Crippen molar-refractivity contribution in [2.24, 2.45) is 4.99 Å². The van der Waals surface area contributed by atoms with E-state index >= 15 is 0 Å². The second-order valence-electron chi connectivity index (χ2n) is 7.62. The van der Waals surface area contributed by atoms with Gasteiger partial charge in [0.25, 0.3) is 5.66 Å². The van der Waals surface area contributed by atoms with Gasteiger partial charge in [0.2, 0.25) is 10.0 Å². The van der Waals surface area contributed by atoms with E-state index in [2.05, 4.69) is 4.99 Å². The number of halogens is 1. The summed E-state index contributed by atoms with van der Waals surface area (Å²) in [5.74, 6) is -1.41. The Kier molecular flexibility index (Phi) is 6.14. The second kappa shape index (κ2) is 8.88. The minimum atomic E-state index is -4.23. The van der Waals surface area contributed by atoms with Gasteiger partial charge in [0, 0.05) is 11.1 Å². The molecule has 0 spiro atoms. The molecule has 0 bridgehead atoms. The standard InChI is InChI=1S/C25H23FN2O4S/c1-3-32-24(29)25(19-9-5-4-6-10-19)27-23(21-11-7-8-12-22(21)26)17-28(25)33(30,31)20-15-13-18(2)14-16-20/h4-16H,3,17H2,1-2H3. The molecular weight excluding hydrogens is 443 g/mol. The monoisotopic (exact) mass is 466 g/mol. The lowest BCUT2D eigenvalue weighted by atomic mass is 10.0. The molecule has 3 aromatic rings. The molecule has 33 heavy (non-hydrogen) atoms. The summed E-state index contributed by atoms with van der Waals surface area (Å²) >= 11 is 0. The number of sulfonamides is 1. The first kappa shape index (κ1) is 22.8. The van der Waals surface area contributed by atoms with E-state index in [-0.39, 0.29) is 29.3 Å². The Morgan fingerprint density at radius 2 is 1.67 bits per heavy atom. The molecule has 170 valence electrons. The number of rotatable bonds is 6. The number of hydrogen-bond acceptors (Lipinski definition) is 5. The third kappa shape index (κ3) is 3.96. The largest absolute Gasteiger partial charge is 0.463 e. The van der Waals surface area contributed by atoms with Crippen molar-refractivity contribution >= 4 is 21.7 Å². The van der Waals surface area contributed by atoms with Crippen LogP contribution in [-0.2, 0) is 25.2 Å². The van der Waals surface area contributed by atoms with Crippen LogP contribution in [0.5, 0.6) is 0 Å². The van der Waals surface area contributed by atoms with Crippen molar-refractivity contribution in [2.45, 2.75) is 24.4 Å². The molecule has 0 aliphatic carbocycles. The number of carbonyl (C=O) groups is 1. The molecular formula is C25H23FN2O4S. The molecule has 0 fully saturated rings. The molecule has 0 amide bonds. The zero-order valence-corrected chi connectivity index (χ0v) is 19.0. The van der Waals surface area contributed by atoms with Crippen LogP contribution in [0.1, 0.15) is 23.6 Å². The van der Waals surface area contributed by atoms with Crippen molar-refractivity contribution in [3.8, 4) is 0 Å². The number of ether oxygens (including phenoxy) is 1. The van der Waals surface area contributed by atoms with Gasteiger partial charge in [-0.1, -0.05) is 66.2 Å². The zero-order chi connectivity index (χ0) is 23.6. The maximum Gasteiger partial charge on any atom is 0.355 e. The van der Waals surface area contributed by atoms with Crippen molar-refractivity contribution in [1.29, 1.82) is 0 Å². The maximum absolute atomic E-state index is 14.7. The van der Waals surface area contributed by atoms with Gasteiger partial charge in [0.05, 0.1) is 23.8 Å². The third-order valence-corrected chi connectivity index (χ3v) is 7.32. The maximum atomic E-state index is 14.7. The second-order valence-corrected chi connectivity index (χ2v) is 9.48. The smallest absolute Gasteiger partial charge is 0.355 e. The Bertz CT molecular complexity index is 1310. The van der Waals surface area contributed by atoms with Crippen molar-refractivity contribution in [3.05, 3.63) is 101 Å². The number of hydrogen-bond donors (Lipinski definition) is 0. The lowest BCUT2D eigenvalue weighted by Gasteiger charge is -2.33. The topological polar surface area (TPSA) is 76.0 Å². The highest BCUT2D eigenvalue weighted by Gasteiger charge is 2.57. The number of esters is 1. The molecule has 1 unspecified atom stereocenters. The van der Waals surface area contributed by atoms with Crippen molar-refractivity contribution in [2.75, 3.05) is 13.2 Å². The fourth-order valence-corrected chi connectivity index (χ4v) is 5.45. The molecule has 4 rings (SSSR count). The summed E-state index contributed by atoms with van der Waals surface area (Å²) in [7, 11) is -4.23. The Balaban J connectivity index is 1.99. The van der Waals surface area contributed by atoms with Gasteiger partial charge < -0.3 is 4.74 Å². The van der Waals surface area contributed by atoms with Crippen LogP contribution < -0.4 is 0 Å². The van der Waals surface area contributed by atoms with Gasteiger partial charge in [-0.15, -0.1) is 0 Å². The first-order chi connectivity index (χ1) is 15.8. The average molecular weight is 467 g/mol. The summed E-state index contributed by atoms with van der Waals surface area (Å²) in [6, 6.07) is 20.6. The number of nitrogens with zero attached hydrogens (tertiary/aromatic N) is 2. The van der Waals surface area contributed by atoms with Gasteiger partial charge >= 0.3 is 5.97 Å². The Hall–Kier alpha value is -3.36. The van der Waals surface area contributed by atoms with Crippen molar-refractivity contribution in [3.63, 3.8) is 0 Å². The fraction of sp³-hybridized carbons (Fsp3) is 0.200. The highest BCUT2D eigenvalue weighted by molar-refractivity contribution is 7.89. The van der Waals surface area contributed by atoms with E-state index in [4.69, 9.17) is 4.74 Å². The van der Waals surface area contributed by atoms with E-state index in [9.17, 15) is 17.6 Å². The molecule has 1 atom stereocenters. The van der Waals surface area contributed by atoms with Crippen LogP contribution >= 0.6 is 0 Å². The van der Waals surface area contributed by atoms with Crippen LogP contribution in [0.25, 0.3) is 0 Å². The molecule has 1 aliphatic heterocycles. The molecule has 1 aliphatic rings. The van der Waals surface area contributed by atoms with Crippen LogP contribution in [0.4, 0.5) is 4.39 Å². The van der Waals surface area contributed by atoms with Crippen LogP contribution in [0, 0.1) is 12.7 Å². The van der Waals surface area contributed by atoms with Gasteiger partial charge in [0.1, 0.15) is 5.82 Å². The van der Waals surface area contributed by atoms with E-state index < -0.39 is 27.5 Å². The molecule has 3 aromatic carbocycles. The number of benzene rings is 3. The predicted octanol–water partition coefficient (Wildman–Crippen LogP) is 4.04. The molecule has 0 saturated carbocycles. The van der Waals surface area contributed by atoms with Gasteiger partial charge in [-0.05, 0) is 32.0 Å². The number of aliphatic imine (C=N–C) groups is 1. The number of aryl methyl sites for hydroxylation is 1. The molecule has 0 saturated heterocycles. The molecule has 0 N–H and O–H groups in total. The minimum Gasteiger partial charge on any atom is -0.463 e. The Labute approximate surface area is 192 Å². The highest BCUT2D eigenvalue weighted by atomic mass is 32.2. The van der Waals surface area contributed by atoms with Crippen LogP contribution in [0.2, 0.25) is 0 Å². The van der Waals surface area contributed by atoms with Gasteiger partial charge in [0.15, 0.2) is 0 Å². The summed E-state index contributed by atoms with van der Waals surface area (Å²) in [6.45, 7) is 3.20.